The number of nitrogens with two attached hydrogens (primary N) is 1. The summed E-state index contributed by atoms with van der Waals surface area (Å²) in [6.07, 6.45) is 4.12. The van der Waals surface area contributed by atoms with Gasteiger partial charge in [0.2, 0.25) is 0 Å². The molecule has 0 aromatic heterocycles. The second-order valence-electron chi connectivity index (χ2n) is 5.23. The highest BCUT2D eigenvalue weighted by atomic mass is 35.5. The minimum absolute atomic E-state index is 0.223. The van der Waals surface area contributed by atoms with Gasteiger partial charge in [0.05, 0.1) is 0 Å². The van der Waals surface area contributed by atoms with Crippen molar-refractivity contribution in [2.75, 3.05) is 0 Å². The molecule has 0 radical (unpaired) electrons. The lowest BCUT2D eigenvalue weighted by molar-refractivity contribution is 0.329. The number of benzene rings is 1. The fourth-order valence-corrected chi connectivity index (χ4v) is 2.89. The summed E-state index contributed by atoms with van der Waals surface area (Å²) in [5, 5.41) is 0.529. The summed E-state index contributed by atoms with van der Waals surface area (Å²) in [5.41, 5.74) is 7.18. The van der Waals surface area contributed by atoms with Gasteiger partial charge in [-0.2, -0.15) is 0 Å². The highest BCUT2D eigenvalue weighted by Crippen LogP contribution is 2.40. The van der Waals surface area contributed by atoms with Crippen LogP contribution in [0, 0.1) is 11.2 Å². The third-order valence-electron chi connectivity index (χ3n) is 3.51. The van der Waals surface area contributed by atoms with E-state index >= 15 is 0 Å². The van der Waals surface area contributed by atoms with E-state index < -0.39 is 0 Å². The molecule has 2 unspecified atom stereocenters. The van der Waals surface area contributed by atoms with E-state index in [1.807, 2.05) is 0 Å². The van der Waals surface area contributed by atoms with Gasteiger partial charge in [0.1, 0.15) is 5.82 Å². The summed E-state index contributed by atoms with van der Waals surface area (Å²) in [6.45, 7) is 2.24. The molecule has 0 spiro atoms. The summed E-state index contributed by atoms with van der Waals surface area (Å²) in [7, 11) is 0. The molecular formula is C13H17ClFN. The molecule has 0 bridgehead atoms. The number of hydrogen-bond donors (Lipinski definition) is 1. The Balaban J connectivity index is 2.14. The lowest BCUT2D eigenvalue weighted by atomic mass is 9.82. The second-order valence-corrected chi connectivity index (χ2v) is 5.63. The van der Waals surface area contributed by atoms with Crippen molar-refractivity contribution in [3.05, 3.63) is 34.6 Å². The molecule has 1 fully saturated rings. The second kappa shape index (κ2) is 4.34. The molecule has 1 aliphatic carbocycles. The molecule has 1 aromatic carbocycles. The molecule has 2 N–H and O–H groups in total. The van der Waals surface area contributed by atoms with E-state index in [-0.39, 0.29) is 11.2 Å². The lowest BCUT2D eigenvalue weighted by Crippen LogP contribution is -2.21. The first-order valence-electron chi connectivity index (χ1n) is 5.68. The Morgan fingerprint density at radius 1 is 1.56 bits per heavy atom. The quantitative estimate of drug-likeness (QED) is 0.842. The average molecular weight is 242 g/mol. The third-order valence-corrected chi connectivity index (χ3v) is 3.86. The van der Waals surface area contributed by atoms with Gasteiger partial charge in [0.25, 0.3) is 0 Å². The average Bonchev–Trinajstić information content (AvgIpc) is 2.52. The van der Waals surface area contributed by atoms with Crippen molar-refractivity contribution in [2.45, 2.75) is 38.6 Å². The molecule has 88 valence electrons. The van der Waals surface area contributed by atoms with Crippen molar-refractivity contribution in [3.63, 3.8) is 0 Å². The smallest absolute Gasteiger partial charge is 0.124 e. The summed E-state index contributed by atoms with van der Waals surface area (Å²) >= 11 is 6.04. The molecule has 3 heteroatoms. The first kappa shape index (κ1) is 11.9. The first-order chi connectivity index (χ1) is 7.48. The summed E-state index contributed by atoms with van der Waals surface area (Å²) in [6, 6.07) is 4.95. The summed E-state index contributed by atoms with van der Waals surface area (Å²) in [4.78, 5) is 0. The van der Waals surface area contributed by atoms with Crippen molar-refractivity contribution in [2.24, 2.45) is 11.1 Å². The Morgan fingerprint density at radius 2 is 2.31 bits per heavy atom. The highest BCUT2D eigenvalue weighted by Gasteiger charge is 2.33. The van der Waals surface area contributed by atoms with Crippen LogP contribution in [-0.2, 0) is 6.42 Å². The third kappa shape index (κ3) is 2.55. The van der Waals surface area contributed by atoms with Crippen LogP contribution in [0.4, 0.5) is 4.39 Å². The van der Waals surface area contributed by atoms with Crippen molar-refractivity contribution in [3.8, 4) is 0 Å². The molecule has 1 saturated carbocycles. The number of halogens is 2. The normalized spacial score (nSPS) is 29.6. The van der Waals surface area contributed by atoms with Crippen molar-refractivity contribution in [1.82, 2.24) is 0 Å². The molecular weight excluding hydrogens is 225 g/mol. The standard InChI is InChI=1S/C13H17ClFN/c1-13(5-4-11(16)8-13)7-9-2-3-10(15)6-12(9)14/h2-3,6,11H,4-5,7-8,16H2,1H3. The van der Waals surface area contributed by atoms with E-state index in [2.05, 4.69) is 6.92 Å². The summed E-state index contributed by atoms with van der Waals surface area (Å²) < 4.78 is 12.9. The molecule has 1 aliphatic rings. The largest absolute Gasteiger partial charge is 0.328 e. The molecule has 0 amide bonds. The van der Waals surface area contributed by atoms with Gasteiger partial charge < -0.3 is 5.73 Å². The first-order valence-corrected chi connectivity index (χ1v) is 6.06. The van der Waals surface area contributed by atoms with Crippen LogP contribution in [0.1, 0.15) is 31.7 Å². The molecule has 16 heavy (non-hydrogen) atoms. The van der Waals surface area contributed by atoms with Crippen LogP contribution < -0.4 is 5.73 Å². The monoisotopic (exact) mass is 241 g/mol. The predicted molar refractivity (Wildman–Crippen MR) is 65.0 cm³/mol. The minimum Gasteiger partial charge on any atom is -0.328 e. The molecule has 0 aliphatic heterocycles. The molecule has 0 saturated heterocycles. The Hall–Kier alpha value is -0.600. The Bertz CT molecular complexity index is 394. The Labute approximate surface area is 101 Å². The molecule has 0 heterocycles. The van der Waals surface area contributed by atoms with Gasteiger partial charge in [0, 0.05) is 11.1 Å². The van der Waals surface area contributed by atoms with Gasteiger partial charge in [-0.15, -0.1) is 0 Å². The molecule has 1 aromatic rings. The van der Waals surface area contributed by atoms with Gasteiger partial charge in [-0.3, -0.25) is 0 Å². The highest BCUT2D eigenvalue weighted by molar-refractivity contribution is 6.31. The van der Waals surface area contributed by atoms with Crippen molar-refractivity contribution < 1.29 is 4.39 Å². The van der Waals surface area contributed by atoms with Crippen molar-refractivity contribution in [1.29, 1.82) is 0 Å². The maximum Gasteiger partial charge on any atom is 0.124 e. The van der Waals surface area contributed by atoms with Crippen LogP contribution in [0.3, 0.4) is 0 Å². The van der Waals surface area contributed by atoms with Crippen LogP contribution in [0.25, 0.3) is 0 Å². The van der Waals surface area contributed by atoms with Crippen LogP contribution in [0.5, 0.6) is 0 Å². The van der Waals surface area contributed by atoms with Crippen molar-refractivity contribution >= 4 is 11.6 Å². The van der Waals surface area contributed by atoms with Gasteiger partial charge in [0.15, 0.2) is 0 Å². The fraction of sp³-hybridized carbons (Fsp3) is 0.538. The fourth-order valence-electron chi connectivity index (χ4n) is 2.66. The Kier molecular flexibility index (Phi) is 3.22. The zero-order valence-electron chi connectivity index (χ0n) is 9.47. The topological polar surface area (TPSA) is 26.0 Å². The van der Waals surface area contributed by atoms with Gasteiger partial charge >= 0.3 is 0 Å². The van der Waals surface area contributed by atoms with E-state index in [1.54, 1.807) is 6.07 Å². The van der Waals surface area contributed by atoms with Crippen LogP contribution >= 0.6 is 11.6 Å². The maximum absolute atomic E-state index is 12.9. The SMILES string of the molecule is CC1(Cc2ccc(F)cc2Cl)CCC(N)C1. The maximum atomic E-state index is 12.9. The summed E-state index contributed by atoms with van der Waals surface area (Å²) in [5.74, 6) is -0.276. The molecule has 1 nitrogen and oxygen atoms in total. The molecule has 2 rings (SSSR count). The van der Waals surface area contributed by atoms with E-state index in [4.69, 9.17) is 17.3 Å². The Morgan fingerprint density at radius 3 is 2.88 bits per heavy atom. The van der Waals surface area contributed by atoms with Gasteiger partial charge in [-0.1, -0.05) is 24.6 Å². The van der Waals surface area contributed by atoms with E-state index in [1.165, 1.54) is 12.1 Å². The predicted octanol–water partition coefficient (Wildman–Crippen LogP) is 3.54. The van der Waals surface area contributed by atoms with Crippen LogP contribution in [-0.4, -0.2) is 6.04 Å². The van der Waals surface area contributed by atoms with E-state index in [0.717, 1.165) is 31.2 Å². The molecule has 2 atom stereocenters. The van der Waals surface area contributed by atoms with E-state index in [0.29, 0.717) is 11.1 Å². The number of hydrogen-bond acceptors (Lipinski definition) is 1. The number of rotatable bonds is 2. The lowest BCUT2D eigenvalue weighted by Gasteiger charge is -2.24. The van der Waals surface area contributed by atoms with E-state index in [9.17, 15) is 4.39 Å². The van der Waals surface area contributed by atoms with Gasteiger partial charge in [-0.25, -0.2) is 4.39 Å². The minimum atomic E-state index is -0.276. The van der Waals surface area contributed by atoms with Crippen LogP contribution in [0.15, 0.2) is 18.2 Å². The zero-order chi connectivity index (χ0) is 11.8. The zero-order valence-corrected chi connectivity index (χ0v) is 10.2. The van der Waals surface area contributed by atoms with Crippen LogP contribution in [0.2, 0.25) is 5.02 Å². The van der Waals surface area contributed by atoms with Gasteiger partial charge in [-0.05, 0) is 48.8 Å².